The summed E-state index contributed by atoms with van der Waals surface area (Å²) in [4.78, 5) is 3.24. The molecule has 0 saturated heterocycles. The molecule has 0 radical (unpaired) electrons. The zero-order valence-corrected chi connectivity index (χ0v) is 9.92. The Bertz CT molecular complexity index is 305. The second kappa shape index (κ2) is 3.30. The van der Waals surface area contributed by atoms with E-state index >= 15 is 0 Å². The highest BCUT2D eigenvalue weighted by atomic mass is 79.9. The van der Waals surface area contributed by atoms with Crippen molar-refractivity contribution in [3.63, 3.8) is 0 Å². The third-order valence-electron chi connectivity index (χ3n) is 1.00. The van der Waals surface area contributed by atoms with Crippen LogP contribution in [0.3, 0.4) is 0 Å². The highest BCUT2D eigenvalue weighted by molar-refractivity contribution is 9.13. The number of hydrogen-bond acceptors (Lipinski definition) is 1. The van der Waals surface area contributed by atoms with E-state index in [1.54, 1.807) is 0 Å². The summed E-state index contributed by atoms with van der Waals surface area (Å²) in [5.74, 6) is 0. The van der Waals surface area contributed by atoms with E-state index in [9.17, 15) is 13.2 Å². The van der Waals surface area contributed by atoms with Crippen molar-refractivity contribution in [1.29, 1.82) is 0 Å². The largest absolute Gasteiger partial charge is 0.436 e. The Kier molecular flexibility index (Phi) is 2.89. The summed E-state index contributed by atoms with van der Waals surface area (Å²) in [7, 11) is 0. The van der Waals surface area contributed by atoms with Crippen LogP contribution in [-0.2, 0) is 6.18 Å². The van der Waals surface area contributed by atoms with E-state index in [0.717, 1.165) is 3.59 Å². The Hall–Kier alpha value is 0.440. The standard InChI is InChI=1S/C4Br3F3N2/c5-2-1(4(8,9)10)11-3(6)12(2)7. The molecular formula is C4Br3F3N2. The predicted octanol–water partition coefficient (Wildman–Crippen LogP) is 3.58. The van der Waals surface area contributed by atoms with Crippen LogP contribution in [0.2, 0.25) is 0 Å². The topological polar surface area (TPSA) is 17.8 Å². The Morgan fingerprint density at radius 2 is 1.75 bits per heavy atom. The number of nitrogens with zero attached hydrogens (tertiary/aromatic N) is 2. The molecule has 0 spiro atoms. The van der Waals surface area contributed by atoms with Gasteiger partial charge in [-0.15, -0.1) is 0 Å². The third-order valence-corrected chi connectivity index (χ3v) is 3.91. The van der Waals surface area contributed by atoms with Crippen LogP contribution in [-0.4, -0.2) is 8.58 Å². The van der Waals surface area contributed by atoms with Crippen molar-refractivity contribution in [2.75, 3.05) is 0 Å². The van der Waals surface area contributed by atoms with E-state index in [0.29, 0.717) is 0 Å². The van der Waals surface area contributed by atoms with Crippen molar-refractivity contribution in [2.45, 2.75) is 6.18 Å². The number of alkyl halides is 3. The molecule has 68 valence electrons. The second-order valence-electron chi connectivity index (χ2n) is 1.80. The molecule has 8 heteroatoms. The van der Waals surface area contributed by atoms with Crippen molar-refractivity contribution in [3.8, 4) is 0 Å². The molecule has 1 rings (SSSR count). The first-order valence-electron chi connectivity index (χ1n) is 2.51. The average Bonchev–Trinajstić information content (AvgIpc) is 2.15. The zero-order valence-electron chi connectivity index (χ0n) is 5.16. The van der Waals surface area contributed by atoms with E-state index in [1.807, 2.05) is 0 Å². The maximum atomic E-state index is 12.1. The van der Waals surface area contributed by atoms with Gasteiger partial charge in [0.15, 0.2) is 10.4 Å². The van der Waals surface area contributed by atoms with Crippen LogP contribution in [0.25, 0.3) is 0 Å². The van der Waals surface area contributed by atoms with Gasteiger partial charge in [-0.05, 0) is 31.9 Å². The first-order valence-corrected chi connectivity index (χ1v) is 4.80. The lowest BCUT2D eigenvalue weighted by Crippen LogP contribution is -2.06. The molecule has 2 nitrogen and oxygen atoms in total. The highest BCUT2D eigenvalue weighted by Gasteiger charge is 2.37. The molecule has 0 aliphatic carbocycles. The summed E-state index contributed by atoms with van der Waals surface area (Å²) in [6.07, 6.45) is -4.44. The van der Waals surface area contributed by atoms with Gasteiger partial charge >= 0.3 is 6.18 Å². The van der Waals surface area contributed by atoms with Crippen LogP contribution in [0.1, 0.15) is 5.69 Å². The summed E-state index contributed by atoms with van der Waals surface area (Å²) in [6.45, 7) is 0. The van der Waals surface area contributed by atoms with E-state index in [1.165, 1.54) is 0 Å². The van der Waals surface area contributed by atoms with Gasteiger partial charge in [0.2, 0.25) is 0 Å². The van der Waals surface area contributed by atoms with Crippen LogP contribution >= 0.6 is 48.0 Å². The smallest absolute Gasteiger partial charge is 0.246 e. The monoisotopic (exact) mass is 370 g/mol. The van der Waals surface area contributed by atoms with Crippen LogP contribution in [0.5, 0.6) is 0 Å². The molecule has 0 atom stereocenters. The number of imidazole rings is 1. The van der Waals surface area contributed by atoms with E-state index in [2.05, 4.69) is 53.0 Å². The molecule has 0 aliphatic rings. The second-order valence-corrected chi connectivity index (χ2v) is 3.97. The Labute approximate surface area is 90.7 Å². The van der Waals surface area contributed by atoms with Crippen molar-refractivity contribution in [2.24, 2.45) is 0 Å². The minimum atomic E-state index is -4.44. The predicted molar refractivity (Wildman–Crippen MR) is 47.0 cm³/mol. The van der Waals surface area contributed by atoms with E-state index in [4.69, 9.17) is 0 Å². The van der Waals surface area contributed by atoms with Crippen LogP contribution in [0, 0.1) is 0 Å². The summed E-state index contributed by atoms with van der Waals surface area (Å²) >= 11 is 8.43. The summed E-state index contributed by atoms with van der Waals surface area (Å²) < 4.78 is 37.2. The first kappa shape index (κ1) is 10.5. The van der Waals surface area contributed by atoms with Crippen LogP contribution < -0.4 is 0 Å². The molecular weight excluding hydrogens is 373 g/mol. The normalized spacial score (nSPS) is 12.2. The molecule has 1 aromatic rings. The molecule has 0 aliphatic heterocycles. The summed E-state index contributed by atoms with van der Waals surface area (Å²) in [6, 6.07) is 0. The Morgan fingerprint density at radius 3 is 1.92 bits per heavy atom. The Balaban J connectivity index is 3.28. The van der Waals surface area contributed by atoms with Gasteiger partial charge in [-0.1, -0.05) is 0 Å². The molecule has 0 aromatic carbocycles. The lowest BCUT2D eigenvalue weighted by atomic mass is 10.5. The van der Waals surface area contributed by atoms with Crippen molar-refractivity contribution in [1.82, 2.24) is 8.58 Å². The number of hydrogen-bond donors (Lipinski definition) is 0. The van der Waals surface area contributed by atoms with Gasteiger partial charge in [-0.25, -0.2) is 8.58 Å². The van der Waals surface area contributed by atoms with Gasteiger partial charge in [-0.2, -0.15) is 13.2 Å². The van der Waals surface area contributed by atoms with Crippen LogP contribution in [0.4, 0.5) is 13.2 Å². The number of rotatable bonds is 0. The van der Waals surface area contributed by atoms with E-state index < -0.39 is 11.9 Å². The van der Waals surface area contributed by atoms with Gasteiger partial charge in [0.1, 0.15) is 4.60 Å². The summed E-state index contributed by atoms with van der Waals surface area (Å²) in [5, 5.41) is 0. The van der Waals surface area contributed by atoms with Gasteiger partial charge in [0.25, 0.3) is 0 Å². The minimum Gasteiger partial charge on any atom is -0.246 e. The first-order chi connectivity index (χ1) is 5.34. The fraction of sp³-hybridized carbons (Fsp3) is 0.250. The van der Waals surface area contributed by atoms with Gasteiger partial charge in [-0.3, -0.25) is 0 Å². The molecule has 0 unspecified atom stereocenters. The lowest BCUT2D eigenvalue weighted by Gasteiger charge is -2.01. The number of halogens is 6. The molecule has 0 amide bonds. The zero-order chi connectivity index (χ0) is 9.52. The third kappa shape index (κ3) is 1.85. The van der Waals surface area contributed by atoms with Crippen molar-refractivity contribution >= 4 is 48.0 Å². The van der Waals surface area contributed by atoms with Crippen molar-refractivity contribution in [3.05, 3.63) is 15.0 Å². The van der Waals surface area contributed by atoms with E-state index in [-0.39, 0.29) is 9.34 Å². The molecule has 0 bridgehead atoms. The maximum absolute atomic E-state index is 12.1. The van der Waals surface area contributed by atoms with Gasteiger partial charge < -0.3 is 0 Å². The van der Waals surface area contributed by atoms with Gasteiger partial charge in [0, 0.05) is 0 Å². The highest BCUT2D eigenvalue weighted by Crippen LogP contribution is 2.36. The van der Waals surface area contributed by atoms with Crippen molar-refractivity contribution < 1.29 is 13.2 Å². The molecule has 12 heavy (non-hydrogen) atoms. The fourth-order valence-electron chi connectivity index (χ4n) is 0.537. The quantitative estimate of drug-likeness (QED) is 0.680. The minimum absolute atomic E-state index is 0.0571. The molecule has 0 fully saturated rings. The molecule has 0 saturated carbocycles. The maximum Gasteiger partial charge on any atom is 0.436 e. The van der Waals surface area contributed by atoms with Gasteiger partial charge in [0.05, 0.1) is 16.1 Å². The molecule has 1 heterocycles. The SMILES string of the molecule is FC(F)(F)c1nc(Br)n(Br)c1Br. The lowest BCUT2D eigenvalue weighted by molar-refractivity contribution is -0.141. The number of aromatic nitrogens is 2. The fourth-order valence-corrected chi connectivity index (χ4v) is 1.86. The Morgan fingerprint density at radius 1 is 1.25 bits per heavy atom. The molecule has 1 aromatic heterocycles. The average molecular weight is 373 g/mol. The molecule has 0 N–H and O–H groups in total. The van der Waals surface area contributed by atoms with Crippen LogP contribution in [0.15, 0.2) is 9.34 Å². The summed E-state index contributed by atoms with van der Waals surface area (Å²) in [5.41, 5.74) is -0.966.